The molecule has 1 aliphatic heterocycles. The molecule has 2 aromatic carbocycles. The number of para-hydroxylation sites is 1. The number of hydrogen-bond acceptors (Lipinski definition) is 5. The van der Waals surface area contributed by atoms with E-state index in [2.05, 4.69) is 42.7 Å². The minimum absolute atomic E-state index is 0.0354. The molecule has 0 bridgehead atoms. The predicted octanol–water partition coefficient (Wildman–Crippen LogP) is 3.39. The summed E-state index contributed by atoms with van der Waals surface area (Å²) in [5.74, 6) is -0.300. The SMILES string of the molecule is CC(CC1(O)C(=O)Nc2ccccc21)=NNC(=O)COc1ccc(C(C)(C)C)cc1C. The highest BCUT2D eigenvalue weighted by molar-refractivity contribution is 6.07. The maximum absolute atomic E-state index is 12.3. The molecule has 1 aliphatic rings. The third-order valence-corrected chi connectivity index (χ3v) is 5.28. The molecule has 0 radical (unpaired) electrons. The van der Waals surface area contributed by atoms with Crippen molar-refractivity contribution in [1.29, 1.82) is 0 Å². The highest BCUT2D eigenvalue weighted by atomic mass is 16.5. The zero-order valence-electron chi connectivity index (χ0n) is 18.6. The fourth-order valence-electron chi connectivity index (χ4n) is 3.50. The van der Waals surface area contributed by atoms with Crippen LogP contribution < -0.4 is 15.5 Å². The van der Waals surface area contributed by atoms with E-state index < -0.39 is 17.4 Å². The Hall–Kier alpha value is -3.19. The summed E-state index contributed by atoms with van der Waals surface area (Å²) in [5.41, 5.74) is 4.37. The number of carbonyl (C=O) groups excluding carboxylic acids is 2. The highest BCUT2D eigenvalue weighted by Crippen LogP contribution is 2.38. The smallest absolute Gasteiger partial charge is 0.277 e. The van der Waals surface area contributed by atoms with Gasteiger partial charge in [-0.3, -0.25) is 9.59 Å². The second-order valence-corrected chi connectivity index (χ2v) is 8.94. The predicted molar refractivity (Wildman–Crippen MR) is 120 cm³/mol. The van der Waals surface area contributed by atoms with Crippen LogP contribution in [0.5, 0.6) is 5.75 Å². The van der Waals surface area contributed by atoms with Gasteiger partial charge in [-0.1, -0.05) is 51.1 Å². The number of ether oxygens (including phenoxy) is 1. The van der Waals surface area contributed by atoms with Crippen molar-refractivity contribution in [3.63, 3.8) is 0 Å². The van der Waals surface area contributed by atoms with Gasteiger partial charge in [-0.25, -0.2) is 5.43 Å². The maximum Gasteiger partial charge on any atom is 0.277 e. The fraction of sp³-hybridized carbons (Fsp3) is 0.375. The Morgan fingerprint density at radius 2 is 1.94 bits per heavy atom. The largest absolute Gasteiger partial charge is 0.483 e. The fourth-order valence-corrected chi connectivity index (χ4v) is 3.50. The number of hydrogen-bond donors (Lipinski definition) is 3. The van der Waals surface area contributed by atoms with Gasteiger partial charge in [0.2, 0.25) is 0 Å². The molecular formula is C24H29N3O4. The topological polar surface area (TPSA) is 100 Å². The summed E-state index contributed by atoms with van der Waals surface area (Å²) in [6.45, 7) is 9.81. The molecule has 7 heteroatoms. The van der Waals surface area contributed by atoms with E-state index in [0.29, 0.717) is 22.7 Å². The summed E-state index contributed by atoms with van der Waals surface area (Å²) in [6, 6.07) is 12.9. The molecule has 3 N–H and O–H groups in total. The van der Waals surface area contributed by atoms with Crippen molar-refractivity contribution >= 4 is 23.2 Å². The number of aliphatic hydroxyl groups is 1. The minimum Gasteiger partial charge on any atom is -0.483 e. The Kier molecular flexibility index (Phi) is 6.18. The minimum atomic E-state index is -1.71. The van der Waals surface area contributed by atoms with Crippen molar-refractivity contribution in [3.05, 3.63) is 59.2 Å². The summed E-state index contributed by atoms with van der Waals surface area (Å²) < 4.78 is 5.62. The van der Waals surface area contributed by atoms with Crippen LogP contribution in [0.2, 0.25) is 0 Å². The molecule has 0 spiro atoms. The molecule has 3 rings (SSSR count). The summed E-state index contributed by atoms with van der Waals surface area (Å²) in [4.78, 5) is 24.4. The van der Waals surface area contributed by atoms with Crippen molar-refractivity contribution in [3.8, 4) is 5.75 Å². The summed E-state index contributed by atoms with van der Waals surface area (Å²) in [7, 11) is 0. The van der Waals surface area contributed by atoms with Gasteiger partial charge in [-0.2, -0.15) is 5.10 Å². The molecule has 31 heavy (non-hydrogen) atoms. The molecule has 7 nitrogen and oxygen atoms in total. The monoisotopic (exact) mass is 423 g/mol. The number of nitrogens with one attached hydrogen (secondary N) is 2. The number of anilines is 1. The molecule has 1 unspecified atom stereocenters. The summed E-state index contributed by atoms with van der Waals surface area (Å²) in [6.07, 6.45) is -0.0373. The van der Waals surface area contributed by atoms with E-state index >= 15 is 0 Å². The third kappa shape index (κ3) is 4.94. The van der Waals surface area contributed by atoms with Crippen LogP contribution in [0.4, 0.5) is 5.69 Å². The molecule has 0 aliphatic carbocycles. The molecule has 2 aromatic rings. The van der Waals surface area contributed by atoms with Gasteiger partial charge in [0.15, 0.2) is 12.2 Å². The van der Waals surface area contributed by atoms with Crippen molar-refractivity contribution in [2.45, 2.75) is 52.1 Å². The quantitative estimate of drug-likeness (QED) is 0.490. The van der Waals surface area contributed by atoms with Crippen LogP contribution in [-0.4, -0.2) is 29.2 Å². The van der Waals surface area contributed by atoms with Gasteiger partial charge < -0.3 is 15.2 Å². The van der Waals surface area contributed by atoms with Gasteiger partial charge in [0.25, 0.3) is 11.8 Å². The van der Waals surface area contributed by atoms with Gasteiger partial charge in [0.1, 0.15) is 5.75 Å². The zero-order valence-corrected chi connectivity index (χ0v) is 18.6. The van der Waals surface area contributed by atoms with E-state index in [-0.39, 0.29) is 18.4 Å². The van der Waals surface area contributed by atoms with Crippen molar-refractivity contribution in [2.75, 3.05) is 11.9 Å². The van der Waals surface area contributed by atoms with E-state index in [0.717, 1.165) is 5.56 Å². The van der Waals surface area contributed by atoms with Gasteiger partial charge >= 0.3 is 0 Å². The lowest BCUT2D eigenvalue weighted by atomic mass is 9.86. The van der Waals surface area contributed by atoms with Crippen molar-refractivity contribution in [1.82, 2.24) is 5.43 Å². The Morgan fingerprint density at radius 3 is 2.61 bits per heavy atom. The van der Waals surface area contributed by atoms with Gasteiger partial charge in [0, 0.05) is 23.4 Å². The number of fused-ring (bicyclic) bond motifs is 1. The number of rotatable bonds is 6. The highest BCUT2D eigenvalue weighted by Gasteiger charge is 2.45. The van der Waals surface area contributed by atoms with Crippen LogP contribution in [0.3, 0.4) is 0 Å². The second kappa shape index (κ2) is 8.51. The standard InChI is InChI=1S/C24H29N3O4/c1-15-12-17(23(3,4)5)10-11-20(15)31-14-21(28)27-26-16(2)13-24(30)18-8-6-7-9-19(18)25-22(24)29/h6-12,30H,13-14H2,1-5H3,(H,25,29)(H,27,28). The molecule has 0 aromatic heterocycles. The van der Waals surface area contributed by atoms with E-state index in [1.165, 1.54) is 5.56 Å². The maximum atomic E-state index is 12.3. The molecule has 0 saturated carbocycles. The Labute approximate surface area is 182 Å². The second-order valence-electron chi connectivity index (χ2n) is 8.94. The summed E-state index contributed by atoms with van der Waals surface area (Å²) >= 11 is 0. The van der Waals surface area contributed by atoms with Gasteiger partial charge in [-0.05, 0) is 42.5 Å². The first-order valence-electron chi connectivity index (χ1n) is 10.2. The molecular weight excluding hydrogens is 394 g/mol. The van der Waals surface area contributed by atoms with E-state index in [9.17, 15) is 14.7 Å². The molecule has 164 valence electrons. The van der Waals surface area contributed by atoms with Crippen LogP contribution in [0.25, 0.3) is 0 Å². The number of hydrazone groups is 1. The Balaban J connectivity index is 1.57. The molecule has 1 heterocycles. The lowest BCUT2D eigenvalue weighted by molar-refractivity contribution is -0.132. The Bertz CT molecular complexity index is 1040. The van der Waals surface area contributed by atoms with Crippen molar-refractivity contribution in [2.24, 2.45) is 5.10 Å². The molecule has 0 saturated heterocycles. The van der Waals surface area contributed by atoms with E-state index in [4.69, 9.17) is 4.74 Å². The first-order valence-corrected chi connectivity index (χ1v) is 10.2. The molecule has 2 amide bonds. The number of amides is 2. The number of carbonyl (C=O) groups is 2. The number of nitrogens with zero attached hydrogens (tertiary/aromatic N) is 1. The number of benzene rings is 2. The normalized spacial score (nSPS) is 18.4. The van der Waals surface area contributed by atoms with E-state index in [1.807, 2.05) is 19.1 Å². The first kappa shape index (κ1) is 22.5. The molecule has 1 atom stereocenters. The first-order chi connectivity index (χ1) is 14.5. The van der Waals surface area contributed by atoms with Gasteiger partial charge in [0.05, 0.1) is 0 Å². The van der Waals surface area contributed by atoms with Gasteiger partial charge in [-0.15, -0.1) is 0 Å². The lowest BCUT2D eigenvalue weighted by Gasteiger charge is -2.21. The van der Waals surface area contributed by atoms with Crippen molar-refractivity contribution < 1.29 is 19.4 Å². The average molecular weight is 424 g/mol. The summed E-state index contributed by atoms with van der Waals surface area (Å²) in [5, 5.41) is 17.6. The van der Waals surface area contributed by atoms with Crippen LogP contribution in [0.15, 0.2) is 47.6 Å². The van der Waals surface area contributed by atoms with Crippen LogP contribution in [-0.2, 0) is 20.6 Å². The van der Waals surface area contributed by atoms with Crippen LogP contribution >= 0.6 is 0 Å². The number of aryl methyl sites for hydroxylation is 1. The average Bonchev–Trinajstić information content (AvgIpc) is 2.95. The van der Waals surface area contributed by atoms with E-state index in [1.54, 1.807) is 31.2 Å². The van der Waals surface area contributed by atoms with Crippen LogP contribution in [0, 0.1) is 6.92 Å². The zero-order chi connectivity index (χ0) is 22.8. The Morgan fingerprint density at radius 1 is 1.23 bits per heavy atom. The third-order valence-electron chi connectivity index (χ3n) is 5.28. The molecule has 0 fully saturated rings. The van der Waals surface area contributed by atoms with Crippen LogP contribution in [0.1, 0.15) is 50.8 Å². The lowest BCUT2D eigenvalue weighted by Crippen LogP contribution is -2.36.